The normalized spacial score (nSPS) is 17.2. The molecule has 0 spiro atoms. The highest BCUT2D eigenvalue weighted by Gasteiger charge is 2.24. The zero-order valence-electron chi connectivity index (χ0n) is 15.4. The summed E-state index contributed by atoms with van der Waals surface area (Å²) in [5.74, 6) is 0.351. The van der Waals surface area contributed by atoms with E-state index in [2.05, 4.69) is 52.5 Å². The van der Waals surface area contributed by atoms with E-state index in [9.17, 15) is 4.79 Å². The quantitative estimate of drug-likeness (QED) is 0.774. The maximum absolute atomic E-state index is 12.3. The molecule has 0 aromatic heterocycles. The summed E-state index contributed by atoms with van der Waals surface area (Å²) in [5, 5.41) is 3.09. The summed E-state index contributed by atoms with van der Waals surface area (Å²) in [4.78, 5) is 19.2. The molecule has 0 aliphatic carbocycles. The van der Waals surface area contributed by atoms with Gasteiger partial charge in [0.25, 0.3) is 0 Å². The van der Waals surface area contributed by atoms with E-state index in [1.54, 1.807) is 0 Å². The van der Waals surface area contributed by atoms with Crippen LogP contribution in [0, 0.1) is 5.92 Å². The van der Waals surface area contributed by atoms with Crippen LogP contribution in [0.2, 0.25) is 0 Å². The molecular formula is C19H32N4O. The summed E-state index contributed by atoms with van der Waals surface area (Å²) < 4.78 is 0. The molecule has 1 aromatic rings. The molecule has 0 bridgehead atoms. The Labute approximate surface area is 146 Å². The van der Waals surface area contributed by atoms with Crippen molar-refractivity contribution in [3.05, 3.63) is 35.9 Å². The van der Waals surface area contributed by atoms with E-state index < -0.39 is 0 Å². The number of likely N-dealkylation sites (N-methyl/N-ethyl adjacent to an activating group) is 1. The highest BCUT2D eigenvalue weighted by Crippen LogP contribution is 2.08. The van der Waals surface area contributed by atoms with Crippen LogP contribution in [0.3, 0.4) is 0 Å². The van der Waals surface area contributed by atoms with Crippen molar-refractivity contribution in [3.63, 3.8) is 0 Å². The molecule has 5 heteroatoms. The molecule has 134 valence electrons. The SMILES string of the molecule is CNCC(C)C(=O)N1CCN(CCN(C)Cc2ccccc2)CC1. The standard InChI is InChI=1S/C19H32N4O/c1-17(15-20-2)19(24)23-13-11-22(12-14-23)10-9-21(3)16-18-7-5-4-6-8-18/h4-8,17,20H,9-16H2,1-3H3. The number of nitrogens with zero attached hydrogens (tertiary/aromatic N) is 3. The number of amides is 1. The molecule has 5 nitrogen and oxygen atoms in total. The Morgan fingerprint density at radius 1 is 1.21 bits per heavy atom. The lowest BCUT2D eigenvalue weighted by molar-refractivity contribution is -0.136. The van der Waals surface area contributed by atoms with Crippen LogP contribution in [0.15, 0.2) is 30.3 Å². The molecule has 1 aromatic carbocycles. The van der Waals surface area contributed by atoms with Crippen LogP contribution >= 0.6 is 0 Å². The van der Waals surface area contributed by atoms with Gasteiger partial charge >= 0.3 is 0 Å². The average molecular weight is 332 g/mol. The number of hydrogen-bond donors (Lipinski definition) is 1. The Hall–Kier alpha value is -1.43. The molecule has 24 heavy (non-hydrogen) atoms. The van der Waals surface area contributed by atoms with Gasteiger partial charge in [0.2, 0.25) is 5.91 Å². The third-order valence-corrected chi connectivity index (χ3v) is 4.71. The number of hydrogen-bond acceptors (Lipinski definition) is 4. The third kappa shape index (κ3) is 5.89. The van der Waals surface area contributed by atoms with Crippen LogP contribution in [0.25, 0.3) is 0 Å². The van der Waals surface area contributed by atoms with Crippen LogP contribution in [0.4, 0.5) is 0 Å². The van der Waals surface area contributed by atoms with Crippen molar-refractivity contribution in [2.24, 2.45) is 5.92 Å². The van der Waals surface area contributed by atoms with Crippen molar-refractivity contribution in [1.29, 1.82) is 0 Å². The van der Waals surface area contributed by atoms with Crippen molar-refractivity contribution in [3.8, 4) is 0 Å². The number of benzene rings is 1. The molecule has 0 radical (unpaired) electrons. The Morgan fingerprint density at radius 3 is 2.50 bits per heavy atom. The minimum atomic E-state index is 0.0681. The van der Waals surface area contributed by atoms with Gasteiger partial charge in [0.1, 0.15) is 0 Å². The van der Waals surface area contributed by atoms with Crippen LogP contribution in [0.5, 0.6) is 0 Å². The smallest absolute Gasteiger partial charge is 0.226 e. The number of carbonyl (C=O) groups is 1. The Morgan fingerprint density at radius 2 is 1.88 bits per heavy atom. The highest BCUT2D eigenvalue weighted by atomic mass is 16.2. The molecule has 1 N–H and O–H groups in total. The van der Waals surface area contributed by atoms with Crippen LogP contribution < -0.4 is 5.32 Å². The first kappa shape index (κ1) is 18.9. The van der Waals surface area contributed by atoms with Crippen molar-refractivity contribution < 1.29 is 4.79 Å². The lowest BCUT2D eigenvalue weighted by Gasteiger charge is -2.36. The van der Waals surface area contributed by atoms with E-state index in [-0.39, 0.29) is 11.8 Å². The Kier molecular flexibility index (Phi) is 7.69. The van der Waals surface area contributed by atoms with Crippen molar-refractivity contribution >= 4 is 5.91 Å². The van der Waals surface area contributed by atoms with Gasteiger partial charge in [-0.1, -0.05) is 37.3 Å². The van der Waals surface area contributed by atoms with Crippen molar-refractivity contribution in [2.75, 3.05) is 59.9 Å². The van der Waals surface area contributed by atoms with Gasteiger partial charge in [0, 0.05) is 58.3 Å². The minimum absolute atomic E-state index is 0.0681. The molecule has 1 atom stereocenters. The number of nitrogens with one attached hydrogen (secondary N) is 1. The summed E-state index contributed by atoms with van der Waals surface area (Å²) >= 11 is 0. The fraction of sp³-hybridized carbons (Fsp3) is 0.632. The van der Waals surface area contributed by atoms with E-state index in [0.717, 1.165) is 52.4 Å². The van der Waals surface area contributed by atoms with Crippen LogP contribution in [0.1, 0.15) is 12.5 Å². The molecule has 1 heterocycles. The molecule has 1 unspecified atom stereocenters. The molecule has 0 saturated carbocycles. The first-order chi connectivity index (χ1) is 11.6. The zero-order chi connectivity index (χ0) is 17.4. The van der Waals surface area contributed by atoms with Gasteiger partial charge in [0.05, 0.1) is 0 Å². The summed E-state index contributed by atoms with van der Waals surface area (Å²) in [6.45, 7) is 9.54. The van der Waals surface area contributed by atoms with Crippen molar-refractivity contribution in [2.45, 2.75) is 13.5 Å². The maximum Gasteiger partial charge on any atom is 0.226 e. The van der Waals surface area contributed by atoms with Gasteiger partial charge in [-0.05, 0) is 19.7 Å². The first-order valence-corrected chi connectivity index (χ1v) is 8.98. The monoisotopic (exact) mass is 332 g/mol. The average Bonchev–Trinajstić information content (AvgIpc) is 2.61. The summed E-state index contributed by atoms with van der Waals surface area (Å²) in [5.41, 5.74) is 1.36. The number of rotatable bonds is 8. The second-order valence-electron chi connectivity index (χ2n) is 6.85. The van der Waals surface area contributed by atoms with Gasteiger partial charge in [-0.2, -0.15) is 0 Å². The van der Waals surface area contributed by atoms with Crippen molar-refractivity contribution in [1.82, 2.24) is 20.0 Å². The Bertz CT molecular complexity index is 485. The third-order valence-electron chi connectivity index (χ3n) is 4.71. The highest BCUT2D eigenvalue weighted by molar-refractivity contribution is 5.78. The molecule has 1 aliphatic rings. The van der Waals surface area contributed by atoms with Crippen LogP contribution in [-0.2, 0) is 11.3 Å². The number of carbonyl (C=O) groups excluding carboxylic acids is 1. The van der Waals surface area contributed by atoms with Gasteiger partial charge < -0.3 is 15.1 Å². The predicted molar refractivity (Wildman–Crippen MR) is 98.9 cm³/mol. The van der Waals surface area contributed by atoms with E-state index in [1.165, 1.54) is 5.56 Å². The van der Waals surface area contributed by atoms with Gasteiger partial charge in [-0.15, -0.1) is 0 Å². The topological polar surface area (TPSA) is 38.8 Å². The van der Waals surface area contributed by atoms with Gasteiger partial charge in [-0.25, -0.2) is 0 Å². The minimum Gasteiger partial charge on any atom is -0.340 e. The summed E-state index contributed by atoms with van der Waals surface area (Å²) in [7, 11) is 4.07. The summed E-state index contributed by atoms with van der Waals surface area (Å²) in [6.07, 6.45) is 0. The lowest BCUT2D eigenvalue weighted by Crippen LogP contribution is -2.51. The molecule has 1 saturated heterocycles. The maximum atomic E-state index is 12.3. The molecule has 1 aliphatic heterocycles. The Balaban J connectivity index is 1.67. The lowest BCUT2D eigenvalue weighted by atomic mass is 10.1. The van der Waals surface area contributed by atoms with E-state index in [0.29, 0.717) is 0 Å². The van der Waals surface area contributed by atoms with E-state index in [4.69, 9.17) is 0 Å². The number of piperazine rings is 1. The first-order valence-electron chi connectivity index (χ1n) is 8.98. The molecule has 2 rings (SSSR count). The fourth-order valence-corrected chi connectivity index (χ4v) is 3.18. The predicted octanol–water partition coefficient (Wildman–Crippen LogP) is 1.12. The molecular weight excluding hydrogens is 300 g/mol. The van der Waals surface area contributed by atoms with Crippen LogP contribution in [-0.4, -0.2) is 80.5 Å². The largest absolute Gasteiger partial charge is 0.340 e. The molecule has 1 amide bonds. The second kappa shape index (κ2) is 9.77. The van der Waals surface area contributed by atoms with E-state index in [1.807, 2.05) is 18.9 Å². The van der Waals surface area contributed by atoms with Gasteiger partial charge in [-0.3, -0.25) is 9.69 Å². The zero-order valence-corrected chi connectivity index (χ0v) is 15.4. The second-order valence-corrected chi connectivity index (χ2v) is 6.85. The fourth-order valence-electron chi connectivity index (χ4n) is 3.18. The van der Waals surface area contributed by atoms with Gasteiger partial charge in [0.15, 0.2) is 0 Å². The summed E-state index contributed by atoms with van der Waals surface area (Å²) in [6, 6.07) is 10.6. The molecule has 1 fully saturated rings. The van der Waals surface area contributed by atoms with E-state index >= 15 is 0 Å².